The summed E-state index contributed by atoms with van der Waals surface area (Å²) in [7, 11) is -4.06. The van der Waals surface area contributed by atoms with Crippen LogP contribution in [0.15, 0.2) is 53.6 Å². The van der Waals surface area contributed by atoms with Gasteiger partial charge in [0, 0.05) is 6.92 Å². The van der Waals surface area contributed by atoms with E-state index in [0.717, 1.165) is 24.5 Å². The average molecular weight is 457 g/mol. The molecule has 0 unspecified atom stereocenters. The Kier molecular flexibility index (Phi) is 7.39. The molecule has 1 N–H and O–H groups in total. The van der Waals surface area contributed by atoms with Gasteiger partial charge in [0.2, 0.25) is 10.0 Å². The van der Waals surface area contributed by atoms with Gasteiger partial charge in [0.05, 0.1) is 23.7 Å². The Morgan fingerprint density at radius 1 is 1.16 bits per heavy atom. The van der Waals surface area contributed by atoms with Crippen molar-refractivity contribution >= 4 is 33.8 Å². The Labute approximate surface area is 176 Å². The Bertz CT molecular complexity index is 1080. The van der Waals surface area contributed by atoms with E-state index in [9.17, 15) is 31.2 Å². The second-order valence-electron chi connectivity index (χ2n) is 6.27. The first-order valence-electron chi connectivity index (χ1n) is 8.61. The summed E-state index contributed by atoms with van der Waals surface area (Å²) >= 11 is 0. The number of anilines is 1. The van der Waals surface area contributed by atoms with Crippen LogP contribution in [0.4, 0.5) is 18.9 Å². The number of nitrogens with one attached hydrogen (secondary N) is 1. The van der Waals surface area contributed by atoms with Crippen molar-refractivity contribution in [2.24, 2.45) is 5.10 Å². The van der Waals surface area contributed by atoms with Crippen LogP contribution < -0.4 is 14.5 Å². The van der Waals surface area contributed by atoms with E-state index >= 15 is 0 Å². The lowest BCUT2D eigenvalue weighted by Gasteiger charge is -2.22. The van der Waals surface area contributed by atoms with Gasteiger partial charge in [-0.3, -0.25) is 13.9 Å². The van der Waals surface area contributed by atoms with Crippen LogP contribution in [0.5, 0.6) is 5.75 Å². The molecule has 0 saturated heterocycles. The monoisotopic (exact) mass is 457 g/mol. The van der Waals surface area contributed by atoms with Crippen molar-refractivity contribution in [1.82, 2.24) is 5.43 Å². The molecule has 2 rings (SSSR count). The summed E-state index contributed by atoms with van der Waals surface area (Å²) in [5, 5.41) is 3.68. The molecule has 0 aliphatic carbocycles. The summed E-state index contributed by atoms with van der Waals surface area (Å²) in [5.74, 6) is -1.03. The number of hydrogen-bond acceptors (Lipinski definition) is 6. The van der Waals surface area contributed by atoms with E-state index in [1.807, 2.05) is 0 Å². The van der Waals surface area contributed by atoms with Gasteiger partial charge in [-0.15, -0.1) is 0 Å². The number of hydrazone groups is 1. The Hall–Kier alpha value is -3.41. The van der Waals surface area contributed by atoms with Crippen LogP contribution in [0.3, 0.4) is 0 Å². The zero-order chi connectivity index (χ0) is 23.2. The molecule has 0 heterocycles. The Morgan fingerprint density at radius 2 is 1.81 bits per heavy atom. The molecule has 0 radical (unpaired) electrons. The van der Waals surface area contributed by atoms with Crippen LogP contribution in [-0.4, -0.2) is 39.3 Å². The number of benzene rings is 2. The molecule has 0 aromatic heterocycles. The summed E-state index contributed by atoms with van der Waals surface area (Å²) in [5.41, 5.74) is 1.29. The maximum Gasteiger partial charge on any atom is 0.416 e. The fraction of sp³-hybridized carbons (Fsp3) is 0.211. The molecule has 0 spiro atoms. The number of halogens is 3. The molecular weight excluding hydrogens is 439 g/mol. The van der Waals surface area contributed by atoms with E-state index in [1.54, 1.807) is 12.1 Å². The predicted octanol–water partition coefficient (Wildman–Crippen LogP) is 2.55. The fourth-order valence-corrected chi connectivity index (χ4v) is 3.22. The second-order valence-corrected chi connectivity index (χ2v) is 8.18. The number of nitrogens with zero attached hydrogens (tertiary/aromatic N) is 2. The fourth-order valence-electron chi connectivity index (χ4n) is 2.37. The number of amides is 1. The number of alkyl halides is 3. The van der Waals surface area contributed by atoms with E-state index in [-0.39, 0.29) is 5.69 Å². The quantitative estimate of drug-likeness (QED) is 0.298. The van der Waals surface area contributed by atoms with Crippen molar-refractivity contribution in [3.05, 3.63) is 59.7 Å². The number of esters is 1. The minimum absolute atomic E-state index is 0.308. The first kappa shape index (κ1) is 23.9. The number of sulfonamides is 1. The number of ether oxygens (including phenoxy) is 1. The molecule has 0 fully saturated rings. The largest absolute Gasteiger partial charge is 0.427 e. The maximum absolute atomic E-state index is 12.9. The Morgan fingerprint density at radius 3 is 2.35 bits per heavy atom. The van der Waals surface area contributed by atoms with Gasteiger partial charge in [-0.05, 0) is 48.0 Å². The van der Waals surface area contributed by atoms with Crippen molar-refractivity contribution in [2.75, 3.05) is 17.1 Å². The lowest BCUT2D eigenvalue weighted by atomic mass is 10.2. The molecular formula is C19H18F3N3O5S. The first-order chi connectivity index (χ1) is 14.4. The molecule has 0 bridgehead atoms. The summed E-state index contributed by atoms with van der Waals surface area (Å²) in [6.45, 7) is 0.479. The van der Waals surface area contributed by atoms with Crippen LogP contribution in [0.1, 0.15) is 18.1 Å². The summed E-state index contributed by atoms with van der Waals surface area (Å²) in [6.07, 6.45) is -2.64. The zero-order valence-electron chi connectivity index (χ0n) is 16.4. The highest BCUT2D eigenvalue weighted by Crippen LogP contribution is 2.32. The molecule has 0 atom stereocenters. The maximum atomic E-state index is 12.9. The number of carbonyl (C=O) groups excluding carboxylic acids is 2. The third kappa shape index (κ3) is 7.41. The summed E-state index contributed by atoms with van der Waals surface area (Å²) < 4.78 is 68.2. The van der Waals surface area contributed by atoms with Gasteiger partial charge < -0.3 is 4.74 Å². The topological polar surface area (TPSA) is 105 Å². The standard InChI is InChI=1S/C19H18F3N3O5S/c1-13(26)30-17-8-6-14(7-9-17)11-23-24-18(27)12-25(31(2,28)29)16-5-3-4-15(10-16)19(20,21)22/h3-11H,12H2,1-2H3,(H,24,27)/b23-11-. The molecule has 2 aromatic rings. The normalized spacial score (nSPS) is 11.9. The highest BCUT2D eigenvalue weighted by atomic mass is 32.2. The molecule has 166 valence electrons. The van der Waals surface area contributed by atoms with Crippen LogP contribution in [0, 0.1) is 0 Å². The van der Waals surface area contributed by atoms with Crippen molar-refractivity contribution in [1.29, 1.82) is 0 Å². The lowest BCUT2D eigenvalue weighted by molar-refractivity contribution is -0.137. The van der Waals surface area contributed by atoms with Crippen LogP contribution in [0.2, 0.25) is 0 Å². The zero-order valence-corrected chi connectivity index (χ0v) is 17.2. The molecule has 8 nitrogen and oxygen atoms in total. The molecule has 31 heavy (non-hydrogen) atoms. The van der Waals surface area contributed by atoms with Crippen molar-refractivity contribution in [3.63, 3.8) is 0 Å². The lowest BCUT2D eigenvalue weighted by Crippen LogP contribution is -2.39. The van der Waals surface area contributed by atoms with Gasteiger partial charge >= 0.3 is 12.1 Å². The molecule has 12 heteroatoms. The molecule has 2 aromatic carbocycles. The number of hydrogen-bond donors (Lipinski definition) is 1. The first-order valence-corrected chi connectivity index (χ1v) is 10.5. The van der Waals surface area contributed by atoms with Gasteiger partial charge in [-0.2, -0.15) is 18.3 Å². The van der Waals surface area contributed by atoms with Crippen LogP contribution in [0.25, 0.3) is 0 Å². The third-order valence-electron chi connectivity index (χ3n) is 3.69. The van der Waals surface area contributed by atoms with E-state index in [0.29, 0.717) is 21.7 Å². The minimum atomic E-state index is -4.67. The van der Waals surface area contributed by atoms with Crippen molar-refractivity contribution in [2.45, 2.75) is 13.1 Å². The molecule has 0 saturated carbocycles. The van der Waals surface area contributed by atoms with E-state index in [1.165, 1.54) is 25.3 Å². The average Bonchev–Trinajstić information content (AvgIpc) is 2.65. The van der Waals surface area contributed by atoms with Gasteiger partial charge in [0.15, 0.2) is 0 Å². The molecule has 1 amide bonds. The molecule has 0 aliphatic heterocycles. The van der Waals surface area contributed by atoms with Gasteiger partial charge in [-0.25, -0.2) is 13.8 Å². The number of rotatable bonds is 7. The van der Waals surface area contributed by atoms with E-state index < -0.39 is 40.2 Å². The van der Waals surface area contributed by atoms with Crippen molar-refractivity contribution < 1.29 is 35.9 Å². The van der Waals surface area contributed by atoms with Crippen molar-refractivity contribution in [3.8, 4) is 5.75 Å². The van der Waals surface area contributed by atoms with Gasteiger partial charge in [0.25, 0.3) is 5.91 Å². The smallest absolute Gasteiger partial charge is 0.416 e. The molecule has 0 aliphatic rings. The van der Waals surface area contributed by atoms with Crippen LogP contribution >= 0.6 is 0 Å². The van der Waals surface area contributed by atoms with E-state index in [4.69, 9.17) is 4.74 Å². The highest BCUT2D eigenvalue weighted by Gasteiger charge is 2.31. The Balaban J connectivity index is 2.09. The van der Waals surface area contributed by atoms with E-state index in [2.05, 4.69) is 10.5 Å². The van der Waals surface area contributed by atoms with Crippen LogP contribution in [-0.2, 0) is 25.8 Å². The van der Waals surface area contributed by atoms with Gasteiger partial charge in [0.1, 0.15) is 12.3 Å². The summed E-state index contributed by atoms with van der Waals surface area (Å²) in [4.78, 5) is 23.0. The van der Waals surface area contributed by atoms with Gasteiger partial charge in [-0.1, -0.05) is 6.07 Å². The third-order valence-corrected chi connectivity index (χ3v) is 4.83. The predicted molar refractivity (Wildman–Crippen MR) is 107 cm³/mol. The number of carbonyl (C=O) groups is 2. The summed E-state index contributed by atoms with van der Waals surface area (Å²) in [6, 6.07) is 9.75. The highest BCUT2D eigenvalue weighted by molar-refractivity contribution is 7.92. The SMILES string of the molecule is CC(=O)Oc1ccc(/C=N\NC(=O)CN(c2cccc(C(F)(F)F)c2)S(C)(=O)=O)cc1. The minimum Gasteiger partial charge on any atom is -0.427 e. The second kappa shape index (κ2) is 9.60.